The Balaban J connectivity index is 1.97. The molecule has 1 amide bonds. The normalized spacial score (nSPS) is 23.1. The lowest BCUT2D eigenvalue weighted by Gasteiger charge is -2.29. The Morgan fingerprint density at radius 3 is 2.58 bits per heavy atom. The highest BCUT2D eigenvalue weighted by Gasteiger charge is 2.25. The van der Waals surface area contributed by atoms with E-state index in [2.05, 4.69) is 0 Å². The maximum absolute atomic E-state index is 12.9. The monoisotopic (exact) mass is 264 g/mol. The van der Waals surface area contributed by atoms with E-state index in [0.717, 1.165) is 24.9 Å². The molecule has 1 fully saturated rings. The Bertz CT molecular complexity index is 432. The summed E-state index contributed by atoms with van der Waals surface area (Å²) in [7, 11) is 1.73. The molecule has 0 aromatic heterocycles. The molecule has 2 rings (SSSR count). The van der Waals surface area contributed by atoms with Crippen LogP contribution in [0.4, 0.5) is 10.1 Å². The number of hydrogen-bond acceptors (Lipinski definition) is 2. The summed E-state index contributed by atoms with van der Waals surface area (Å²) in [6.45, 7) is 0. The highest BCUT2D eigenvalue weighted by molar-refractivity contribution is 5.92. The van der Waals surface area contributed by atoms with Gasteiger partial charge in [-0.15, -0.1) is 0 Å². The fourth-order valence-corrected chi connectivity index (χ4v) is 2.66. The van der Waals surface area contributed by atoms with Crippen LogP contribution in [0, 0.1) is 11.7 Å². The molecular weight excluding hydrogens is 243 g/mol. The van der Waals surface area contributed by atoms with Crippen molar-refractivity contribution >= 4 is 11.6 Å². The molecule has 1 aromatic carbocycles. The van der Waals surface area contributed by atoms with Crippen LogP contribution in [0.3, 0.4) is 0 Å². The van der Waals surface area contributed by atoms with E-state index in [-0.39, 0.29) is 23.7 Å². The van der Waals surface area contributed by atoms with E-state index in [1.165, 1.54) is 18.6 Å². The molecule has 0 radical (unpaired) electrons. The molecule has 0 saturated heterocycles. The number of hydrogen-bond donors (Lipinski definition) is 1. The predicted octanol–water partition coefficient (Wildman–Crippen LogP) is 2.70. The minimum atomic E-state index is -0.293. The second-order valence-electron chi connectivity index (χ2n) is 5.34. The topological polar surface area (TPSA) is 46.3 Å². The number of rotatable bonds is 3. The summed E-state index contributed by atoms with van der Waals surface area (Å²) in [4.78, 5) is 13.8. The number of nitrogens with zero attached hydrogens (tertiary/aromatic N) is 1. The van der Waals surface area contributed by atoms with E-state index in [1.54, 1.807) is 24.1 Å². The highest BCUT2D eigenvalue weighted by Crippen LogP contribution is 2.27. The van der Waals surface area contributed by atoms with Gasteiger partial charge in [0.15, 0.2) is 0 Å². The highest BCUT2D eigenvalue weighted by atomic mass is 19.1. The molecule has 19 heavy (non-hydrogen) atoms. The second-order valence-corrected chi connectivity index (χ2v) is 5.34. The minimum absolute atomic E-state index is 0.0500. The zero-order chi connectivity index (χ0) is 13.8. The molecule has 1 aliphatic rings. The Labute approximate surface area is 113 Å². The molecule has 2 N–H and O–H groups in total. The lowest BCUT2D eigenvalue weighted by Crippen LogP contribution is -2.37. The molecule has 0 spiro atoms. The Morgan fingerprint density at radius 1 is 1.32 bits per heavy atom. The van der Waals surface area contributed by atoms with Crippen LogP contribution in [-0.4, -0.2) is 19.0 Å². The molecule has 104 valence electrons. The second kappa shape index (κ2) is 6.15. The van der Waals surface area contributed by atoms with Crippen molar-refractivity contribution in [2.75, 3.05) is 11.9 Å². The third kappa shape index (κ3) is 3.53. The molecule has 1 aromatic rings. The van der Waals surface area contributed by atoms with Gasteiger partial charge in [-0.2, -0.15) is 0 Å². The smallest absolute Gasteiger partial charge is 0.227 e. The van der Waals surface area contributed by atoms with Gasteiger partial charge in [-0.25, -0.2) is 4.39 Å². The van der Waals surface area contributed by atoms with Crippen molar-refractivity contribution in [1.82, 2.24) is 0 Å². The molecular formula is C15H21FN2O. The van der Waals surface area contributed by atoms with Crippen LogP contribution in [-0.2, 0) is 4.79 Å². The Hall–Kier alpha value is -1.42. The first-order valence-electron chi connectivity index (χ1n) is 6.85. The zero-order valence-electron chi connectivity index (χ0n) is 11.3. The van der Waals surface area contributed by atoms with Crippen molar-refractivity contribution in [1.29, 1.82) is 0 Å². The summed E-state index contributed by atoms with van der Waals surface area (Å²) in [5.41, 5.74) is 6.78. The predicted molar refractivity (Wildman–Crippen MR) is 74.4 cm³/mol. The fraction of sp³-hybridized carbons (Fsp3) is 0.533. The average Bonchev–Trinajstić information content (AvgIpc) is 2.41. The third-order valence-electron chi connectivity index (χ3n) is 3.99. The number of nitrogens with two attached hydrogens (primary N) is 1. The summed E-state index contributed by atoms with van der Waals surface area (Å²) in [5, 5.41) is 0. The minimum Gasteiger partial charge on any atom is -0.327 e. The molecule has 4 heteroatoms. The fourth-order valence-electron chi connectivity index (χ4n) is 2.66. The van der Waals surface area contributed by atoms with E-state index in [1.807, 2.05) is 0 Å². The van der Waals surface area contributed by atoms with E-state index in [0.29, 0.717) is 6.42 Å². The third-order valence-corrected chi connectivity index (χ3v) is 3.99. The Morgan fingerprint density at radius 2 is 1.95 bits per heavy atom. The van der Waals surface area contributed by atoms with Crippen molar-refractivity contribution in [3.8, 4) is 0 Å². The zero-order valence-corrected chi connectivity index (χ0v) is 11.3. The Kier molecular flexibility index (Phi) is 4.53. The summed E-state index contributed by atoms with van der Waals surface area (Å²) in [5.74, 6) is 0.0389. The van der Waals surface area contributed by atoms with E-state index in [4.69, 9.17) is 5.73 Å². The standard InChI is InChI=1S/C15H21FN2O/c1-18(13-8-6-12(16)7-9-13)15(19)10-11-4-2-3-5-14(11)17/h6-9,11,14H,2-5,10,17H2,1H3. The van der Waals surface area contributed by atoms with Crippen molar-refractivity contribution in [3.63, 3.8) is 0 Å². The summed E-state index contributed by atoms with van der Waals surface area (Å²) in [6.07, 6.45) is 4.85. The SMILES string of the molecule is CN(C(=O)CC1CCCCC1N)c1ccc(F)cc1. The van der Waals surface area contributed by atoms with Gasteiger partial charge in [-0.05, 0) is 43.0 Å². The molecule has 0 aliphatic heterocycles. The molecule has 1 saturated carbocycles. The van der Waals surface area contributed by atoms with Gasteiger partial charge in [-0.1, -0.05) is 12.8 Å². The lowest BCUT2D eigenvalue weighted by atomic mass is 9.83. The first kappa shape index (κ1) is 14.0. The van der Waals surface area contributed by atoms with Gasteiger partial charge >= 0.3 is 0 Å². The van der Waals surface area contributed by atoms with Gasteiger partial charge in [-0.3, -0.25) is 4.79 Å². The van der Waals surface area contributed by atoms with Crippen molar-refractivity contribution < 1.29 is 9.18 Å². The maximum atomic E-state index is 12.9. The van der Waals surface area contributed by atoms with Crippen LogP contribution in [0.15, 0.2) is 24.3 Å². The number of amides is 1. The van der Waals surface area contributed by atoms with Crippen LogP contribution in [0.2, 0.25) is 0 Å². The number of carbonyl (C=O) groups excluding carboxylic acids is 1. The van der Waals surface area contributed by atoms with Crippen LogP contribution in [0.1, 0.15) is 32.1 Å². The number of carbonyl (C=O) groups is 1. The molecule has 1 aliphatic carbocycles. The van der Waals surface area contributed by atoms with Crippen LogP contribution in [0.5, 0.6) is 0 Å². The van der Waals surface area contributed by atoms with Crippen molar-refractivity contribution in [3.05, 3.63) is 30.1 Å². The number of halogens is 1. The van der Waals surface area contributed by atoms with Gasteiger partial charge in [0, 0.05) is 25.2 Å². The molecule has 0 bridgehead atoms. The first-order chi connectivity index (χ1) is 9.08. The van der Waals surface area contributed by atoms with E-state index < -0.39 is 0 Å². The number of benzene rings is 1. The van der Waals surface area contributed by atoms with Crippen LogP contribution >= 0.6 is 0 Å². The van der Waals surface area contributed by atoms with Crippen LogP contribution < -0.4 is 10.6 Å². The lowest BCUT2D eigenvalue weighted by molar-refractivity contribution is -0.119. The van der Waals surface area contributed by atoms with Gasteiger partial charge in [0.25, 0.3) is 0 Å². The molecule has 0 heterocycles. The summed E-state index contributed by atoms with van der Waals surface area (Å²) < 4.78 is 12.9. The molecule has 3 nitrogen and oxygen atoms in total. The molecule has 2 unspecified atom stereocenters. The van der Waals surface area contributed by atoms with Gasteiger partial charge < -0.3 is 10.6 Å². The van der Waals surface area contributed by atoms with Crippen molar-refractivity contribution in [2.45, 2.75) is 38.1 Å². The summed E-state index contributed by atoms with van der Waals surface area (Å²) in [6, 6.07) is 6.11. The maximum Gasteiger partial charge on any atom is 0.227 e. The average molecular weight is 264 g/mol. The van der Waals surface area contributed by atoms with Gasteiger partial charge in [0.2, 0.25) is 5.91 Å². The van der Waals surface area contributed by atoms with Crippen LogP contribution in [0.25, 0.3) is 0 Å². The number of anilines is 1. The first-order valence-corrected chi connectivity index (χ1v) is 6.85. The van der Waals surface area contributed by atoms with E-state index in [9.17, 15) is 9.18 Å². The van der Waals surface area contributed by atoms with Gasteiger partial charge in [0.1, 0.15) is 5.82 Å². The van der Waals surface area contributed by atoms with E-state index >= 15 is 0 Å². The van der Waals surface area contributed by atoms with Crippen molar-refractivity contribution in [2.24, 2.45) is 11.7 Å². The summed E-state index contributed by atoms with van der Waals surface area (Å²) >= 11 is 0. The van der Waals surface area contributed by atoms with Gasteiger partial charge in [0.05, 0.1) is 0 Å². The largest absolute Gasteiger partial charge is 0.327 e. The quantitative estimate of drug-likeness (QED) is 0.912. The molecule has 2 atom stereocenters.